The molecule has 2 aromatic rings. The number of benzene rings is 2. The largest absolute Gasteiger partial charge is 0.469 e. The fraction of sp³-hybridized carbons (Fsp3) is 0.417. The first-order valence-electron chi connectivity index (χ1n) is 11.2. The van der Waals surface area contributed by atoms with Crippen LogP contribution < -0.4 is 5.73 Å². The molecule has 1 aliphatic heterocycles. The first kappa shape index (κ1) is 26.1. The Morgan fingerprint density at radius 3 is 2.50 bits per heavy atom. The normalized spacial score (nSPS) is 19.2. The third-order valence-corrected chi connectivity index (χ3v) is 6.18. The number of amides is 1. The van der Waals surface area contributed by atoms with Crippen molar-refractivity contribution >= 4 is 19.4 Å². The minimum atomic E-state index is -4.62. The summed E-state index contributed by atoms with van der Waals surface area (Å²) in [5.74, 6) is -0.191. The molecule has 1 saturated heterocycles. The molecule has 1 amide bonds. The van der Waals surface area contributed by atoms with Crippen molar-refractivity contribution in [2.45, 2.75) is 38.1 Å². The molecule has 10 heteroatoms. The third kappa shape index (κ3) is 8.04. The molecule has 1 heterocycles. The van der Waals surface area contributed by atoms with Crippen molar-refractivity contribution in [2.24, 2.45) is 10.9 Å². The van der Waals surface area contributed by atoms with E-state index in [1.807, 2.05) is 37.3 Å². The summed E-state index contributed by atoms with van der Waals surface area (Å²) in [7, 11) is -4.62. The van der Waals surface area contributed by atoms with Gasteiger partial charge in [0.1, 0.15) is 6.61 Å². The Balaban J connectivity index is 1.51. The Hall–Kier alpha value is -2.55. The Labute approximate surface area is 199 Å². The molecule has 0 bridgehead atoms. The number of oxime groups is 1. The van der Waals surface area contributed by atoms with Crippen molar-refractivity contribution in [1.82, 2.24) is 4.90 Å². The van der Waals surface area contributed by atoms with Crippen LogP contribution in [0.2, 0.25) is 0 Å². The predicted octanol–water partition coefficient (Wildman–Crippen LogP) is 3.10. The molecule has 2 aromatic carbocycles. The van der Waals surface area contributed by atoms with Gasteiger partial charge in [-0.1, -0.05) is 47.6 Å². The molecule has 0 radical (unpaired) electrons. The number of piperidine rings is 1. The number of nitrogens with two attached hydrogens (primary N) is 1. The highest BCUT2D eigenvalue weighted by Gasteiger charge is 2.36. The molecular formula is C24H32N3O6P. The van der Waals surface area contributed by atoms with Crippen molar-refractivity contribution in [3.05, 3.63) is 71.3 Å². The van der Waals surface area contributed by atoms with Gasteiger partial charge in [0.2, 0.25) is 0 Å². The lowest BCUT2D eigenvalue weighted by atomic mass is 9.90. The van der Waals surface area contributed by atoms with Crippen molar-refractivity contribution < 1.29 is 28.5 Å². The van der Waals surface area contributed by atoms with Gasteiger partial charge in [-0.15, -0.1) is 0 Å². The second-order valence-electron chi connectivity index (χ2n) is 8.63. The van der Waals surface area contributed by atoms with E-state index in [2.05, 4.69) is 21.8 Å². The molecule has 1 fully saturated rings. The summed E-state index contributed by atoms with van der Waals surface area (Å²) in [6.07, 6.45) is 2.93. The number of carbonyl (C=O) groups excluding carboxylic acids is 1. The van der Waals surface area contributed by atoms with E-state index in [1.54, 1.807) is 17.0 Å². The molecule has 0 spiro atoms. The highest BCUT2D eigenvalue weighted by Crippen LogP contribution is 2.37. The maximum Gasteiger partial charge on any atom is 0.469 e. The number of carbonyl (C=O) groups is 1. The number of nitrogens with zero attached hydrogens (tertiary/aromatic N) is 2. The van der Waals surface area contributed by atoms with Crippen LogP contribution in [-0.2, 0) is 20.3 Å². The van der Waals surface area contributed by atoms with E-state index in [4.69, 9.17) is 20.4 Å². The van der Waals surface area contributed by atoms with Crippen LogP contribution in [0.4, 0.5) is 0 Å². The van der Waals surface area contributed by atoms with Crippen LogP contribution in [0.25, 0.3) is 0 Å². The topological polar surface area (TPSA) is 135 Å². The van der Waals surface area contributed by atoms with Crippen molar-refractivity contribution in [3.8, 4) is 0 Å². The first-order chi connectivity index (χ1) is 16.2. The number of likely N-dealkylation sites (tertiary alicyclic amines) is 1. The zero-order valence-electron chi connectivity index (χ0n) is 19.3. The van der Waals surface area contributed by atoms with E-state index in [1.165, 1.54) is 5.56 Å². The minimum absolute atomic E-state index is 0.158. The second kappa shape index (κ2) is 11.7. The van der Waals surface area contributed by atoms with Crippen LogP contribution in [0.5, 0.6) is 0 Å². The molecule has 34 heavy (non-hydrogen) atoms. The molecule has 1 unspecified atom stereocenters. The predicted molar refractivity (Wildman–Crippen MR) is 129 cm³/mol. The molecule has 0 aliphatic carbocycles. The fourth-order valence-corrected chi connectivity index (χ4v) is 4.31. The maximum absolute atomic E-state index is 13.0. The summed E-state index contributed by atoms with van der Waals surface area (Å²) in [6.45, 7) is 2.73. The first-order valence-corrected chi connectivity index (χ1v) is 12.8. The number of phosphoric ester groups is 1. The van der Waals surface area contributed by atoms with E-state index in [0.717, 1.165) is 18.4 Å². The van der Waals surface area contributed by atoms with E-state index in [-0.39, 0.29) is 19.1 Å². The zero-order valence-corrected chi connectivity index (χ0v) is 20.2. The summed E-state index contributed by atoms with van der Waals surface area (Å²) in [5.41, 5.74) is 8.57. The van der Waals surface area contributed by atoms with Crippen LogP contribution in [0, 0.1) is 0 Å². The molecule has 184 valence electrons. The van der Waals surface area contributed by atoms with Crippen LogP contribution >= 0.6 is 7.82 Å². The fourth-order valence-electron chi connectivity index (χ4n) is 3.88. The molecule has 0 aromatic heterocycles. The van der Waals surface area contributed by atoms with Gasteiger partial charge < -0.3 is 25.3 Å². The monoisotopic (exact) mass is 489 g/mol. The van der Waals surface area contributed by atoms with Crippen molar-refractivity contribution in [1.29, 1.82) is 0 Å². The van der Waals surface area contributed by atoms with E-state index in [9.17, 15) is 9.36 Å². The lowest BCUT2D eigenvalue weighted by Crippen LogP contribution is -2.58. The van der Waals surface area contributed by atoms with Gasteiger partial charge in [0.25, 0.3) is 5.91 Å². The summed E-state index contributed by atoms with van der Waals surface area (Å²) in [6, 6.07) is 17.3. The molecule has 3 rings (SSSR count). The molecule has 0 saturated carbocycles. The van der Waals surface area contributed by atoms with Gasteiger partial charge in [-0.25, -0.2) is 4.57 Å². The highest BCUT2D eigenvalue weighted by atomic mass is 31.2. The third-order valence-electron chi connectivity index (χ3n) is 5.71. The quantitative estimate of drug-likeness (QED) is 0.202. The van der Waals surface area contributed by atoms with Crippen LogP contribution in [0.15, 0.2) is 59.8 Å². The molecule has 9 nitrogen and oxygen atoms in total. The average molecular weight is 490 g/mol. The van der Waals surface area contributed by atoms with Crippen LogP contribution in [-0.4, -0.2) is 58.1 Å². The van der Waals surface area contributed by atoms with E-state index >= 15 is 0 Å². The van der Waals surface area contributed by atoms with E-state index in [0.29, 0.717) is 37.3 Å². The summed E-state index contributed by atoms with van der Waals surface area (Å²) in [4.78, 5) is 37.9. The number of hydrogen-bond donors (Lipinski definition) is 3. The summed E-state index contributed by atoms with van der Waals surface area (Å²) in [5, 5.41) is 4.18. The van der Waals surface area contributed by atoms with Gasteiger partial charge in [0.15, 0.2) is 0 Å². The molecule has 1 aliphatic rings. The number of hydrogen-bond acceptors (Lipinski definition) is 6. The number of aryl methyl sites for hydroxylation is 1. The van der Waals surface area contributed by atoms with Gasteiger partial charge >= 0.3 is 7.82 Å². The smallest absolute Gasteiger partial charge is 0.396 e. The van der Waals surface area contributed by atoms with Gasteiger partial charge in [-0.3, -0.25) is 9.32 Å². The average Bonchev–Trinajstić information content (AvgIpc) is 2.82. The lowest BCUT2D eigenvalue weighted by Gasteiger charge is -2.40. The van der Waals surface area contributed by atoms with Gasteiger partial charge in [0.05, 0.1) is 17.9 Å². The Morgan fingerprint density at radius 2 is 1.82 bits per heavy atom. The number of phosphoric acid groups is 1. The maximum atomic E-state index is 13.0. The summed E-state index contributed by atoms with van der Waals surface area (Å²) < 4.78 is 15.6. The van der Waals surface area contributed by atoms with E-state index < -0.39 is 13.4 Å². The minimum Gasteiger partial charge on any atom is -0.396 e. The Kier molecular flexibility index (Phi) is 8.99. The Bertz CT molecular complexity index is 1020. The van der Waals surface area contributed by atoms with Crippen molar-refractivity contribution in [3.63, 3.8) is 0 Å². The van der Waals surface area contributed by atoms with Gasteiger partial charge in [0, 0.05) is 18.7 Å². The molecule has 4 N–H and O–H groups in total. The second-order valence-corrected chi connectivity index (χ2v) is 9.87. The molecule has 1 atom stereocenters. The van der Waals surface area contributed by atoms with Gasteiger partial charge in [-0.05, 0) is 55.9 Å². The van der Waals surface area contributed by atoms with Crippen LogP contribution in [0.3, 0.4) is 0 Å². The number of rotatable bonds is 10. The van der Waals surface area contributed by atoms with Crippen LogP contribution in [0.1, 0.15) is 47.7 Å². The van der Waals surface area contributed by atoms with Crippen molar-refractivity contribution in [2.75, 3.05) is 26.3 Å². The highest BCUT2D eigenvalue weighted by molar-refractivity contribution is 7.46. The zero-order chi connectivity index (χ0) is 24.6. The van der Waals surface area contributed by atoms with Gasteiger partial charge in [-0.2, -0.15) is 0 Å². The standard InChI is InChI=1S/C24H32N3O6P/c1-19(26-32-16-5-9-20-7-3-2-4-8-20)21-10-12-22(13-11-21)23(28)27-15-6-14-24(25,17-27)18-33-34(29,30)31/h2-4,7-8,10-13H,5-6,9,14-18,25H2,1H3,(H2,29,30,31). The molecular weight excluding hydrogens is 457 g/mol. The lowest BCUT2D eigenvalue weighted by molar-refractivity contribution is 0.0550. The Morgan fingerprint density at radius 1 is 1.15 bits per heavy atom. The SMILES string of the molecule is CC(=NOCCCc1ccccc1)c1ccc(C(=O)N2CCCC(N)(COP(=O)(O)O)C2)cc1. The summed E-state index contributed by atoms with van der Waals surface area (Å²) >= 11 is 0.